The van der Waals surface area contributed by atoms with Crippen molar-refractivity contribution in [1.29, 1.82) is 0 Å². The van der Waals surface area contributed by atoms with Gasteiger partial charge in [-0.2, -0.15) is 0 Å². The first kappa shape index (κ1) is 20.6. The minimum absolute atomic E-state index is 0.152. The summed E-state index contributed by atoms with van der Waals surface area (Å²) in [6.45, 7) is 2.68. The summed E-state index contributed by atoms with van der Waals surface area (Å²) >= 11 is 1.37. The minimum Gasteiger partial charge on any atom is -0.361 e. The van der Waals surface area contributed by atoms with Crippen LogP contribution < -0.4 is 10.6 Å². The molecule has 1 aliphatic rings. The number of rotatable bonds is 9. The van der Waals surface area contributed by atoms with Gasteiger partial charge in [0.25, 0.3) is 5.91 Å². The van der Waals surface area contributed by atoms with Gasteiger partial charge in [-0.15, -0.1) is 11.3 Å². The maximum atomic E-state index is 13.1. The van der Waals surface area contributed by atoms with Gasteiger partial charge in [0.15, 0.2) is 0 Å². The number of nitrogens with zero attached hydrogens (tertiary/aromatic N) is 1. The lowest BCUT2D eigenvalue weighted by molar-refractivity contribution is -0.123. The molecule has 0 radical (unpaired) electrons. The van der Waals surface area contributed by atoms with Crippen LogP contribution in [0.15, 0.2) is 48.0 Å². The molecule has 1 fully saturated rings. The Morgan fingerprint density at radius 3 is 2.77 bits per heavy atom. The molecule has 0 saturated heterocycles. The number of amides is 2. The number of likely N-dealkylation sites (N-methyl/N-ethyl adjacent to an activating group) is 1. The third kappa shape index (κ3) is 4.74. The van der Waals surface area contributed by atoms with Gasteiger partial charge in [-0.25, -0.2) is 0 Å². The summed E-state index contributed by atoms with van der Waals surface area (Å²) in [5.74, 6) is -0.366. The van der Waals surface area contributed by atoms with E-state index in [1.165, 1.54) is 24.2 Å². The van der Waals surface area contributed by atoms with Gasteiger partial charge in [0.1, 0.15) is 6.04 Å². The summed E-state index contributed by atoms with van der Waals surface area (Å²) in [7, 11) is 2.11. The number of thiophene rings is 1. The quantitative estimate of drug-likeness (QED) is 0.494. The van der Waals surface area contributed by atoms with Gasteiger partial charge in [0.05, 0.1) is 4.88 Å². The maximum absolute atomic E-state index is 13.1. The maximum Gasteiger partial charge on any atom is 0.262 e. The molecule has 2 aromatic heterocycles. The van der Waals surface area contributed by atoms with E-state index >= 15 is 0 Å². The first-order valence-electron chi connectivity index (χ1n) is 10.4. The number of aromatic amines is 1. The van der Waals surface area contributed by atoms with E-state index in [1.807, 2.05) is 41.9 Å². The summed E-state index contributed by atoms with van der Waals surface area (Å²) in [6, 6.07) is 11.9. The normalized spacial score (nSPS) is 15.8. The van der Waals surface area contributed by atoms with Crippen LogP contribution in [0.1, 0.15) is 35.0 Å². The van der Waals surface area contributed by atoms with Crippen molar-refractivity contribution in [3.8, 4) is 0 Å². The van der Waals surface area contributed by atoms with Crippen LogP contribution >= 0.6 is 11.3 Å². The van der Waals surface area contributed by atoms with Gasteiger partial charge >= 0.3 is 0 Å². The number of para-hydroxylation sites is 1. The smallest absolute Gasteiger partial charge is 0.262 e. The van der Waals surface area contributed by atoms with Gasteiger partial charge in [-0.05, 0) is 49.9 Å². The number of carbonyl (C=O) groups excluding carboxylic acids is 2. The summed E-state index contributed by atoms with van der Waals surface area (Å²) in [6.07, 6.45) is 4.81. The number of hydrogen-bond donors (Lipinski definition) is 3. The van der Waals surface area contributed by atoms with Crippen molar-refractivity contribution in [2.45, 2.75) is 44.3 Å². The van der Waals surface area contributed by atoms with Crippen molar-refractivity contribution in [1.82, 2.24) is 20.5 Å². The van der Waals surface area contributed by atoms with Crippen molar-refractivity contribution in [3.05, 3.63) is 58.4 Å². The molecule has 30 heavy (non-hydrogen) atoms. The number of fused-ring (bicyclic) bond motifs is 1. The Labute approximate surface area is 180 Å². The molecule has 1 aliphatic carbocycles. The second kappa shape index (κ2) is 9.02. The van der Waals surface area contributed by atoms with Crippen LogP contribution in [0.3, 0.4) is 0 Å². The second-order valence-electron chi connectivity index (χ2n) is 8.06. The third-order valence-corrected chi connectivity index (χ3v) is 6.72. The zero-order chi connectivity index (χ0) is 21.1. The lowest BCUT2D eigenvalue weighted by atomic mass is 10.0. The predicted molar refractivity (Wildman–Crippen MR) is 121 cm³/mol. The molecule has 4 rings (SSSR count). The Bertz CT molecular complexity index is 1010. The molecule has 3 aromatic rings. The Kier molecular flexibility index (Phi) is 6.20. The van der Waals surface area contributed by atoms with Crippen LogP contribution in [0, 0.1) is 0 Å². The van der Waals surface area contributed by atoms with Gasteiger partial charge in [0.2, 0.25) is 5.91 Å². The van der Waals surface area contributed by atoms with Crippen LogP contribution in [0.5, 0.6) is 0 Å². The molecule has 0 aliphatic heterocycles. The number of benzene rings is 1. The van der Waals surface area contributed by atoms with Crippen molar-refractivity contribution in [3.63, 3.8) is 0 Å². The average molecular weight is 425 g/mol. The molecular weight excluding hydrogens is 396 g/mol. The zero-order valence-electron chi connectivity index (χ0n) is 17.4. The summed E-state index contributed by atoms with van der Waals surface area (Å²) in [4.78, 5) is 31.9. The molecule has 0 bridgehead atoms. The van der Waals surface area contributed by atoms with E-state index in [1.54, 1.807) is 6.07 Å². The highest BCUT2D eigenvalue weighted by atomic mass is 32.1. The van der Waals surface area contributed by atoms with E-state index in [-0.39, 0.29) is 17.9 Å². The number of H-pyrrole nitrogens is 1. The van der Waals surface area contributed by atoms with E-state index in [9.17, 15) is 9.59 Å². The molecule has 3 N–H and O–H groups in total. The fraction of sp³-hybridized carbons (Fsp3) is 0.391. The molecule has 1 saturated carbocycles. The molecule has 0 spiro atoms. The largest absolute Gasteiger partial charge is 0.361 e. The number of hydrogen-bond acceptors (Lipinski definition) is 4. The summed E-state index contributed by atoms with van der Waals surface area (Å²) < 4.78 is 0. The summed E-state index contributed by atoms with van der Waals surface area (Å²) in [5, 5.41) is 8.93. The molecule has 6 nitrogen and oxygen atoms in total. The van der Waals surface area contributed by atoms with Gasteiger partial charge in [0, 0.05) is 42.1 Å². The SMILES string of the molecule is CC(CNC(=O)C(Cc1c[nH]c2ccccc12)NC(=O)c1cccs1)N(C)C1CC1. The Morgan fingerprint density at radius 2 is 2.03 bits per heavy atom. The van der Waals surface area contributed by atoms with Gasteiger partial charge in [-0.1, -0.05) is 24.3 Å². The third-order valence-electron chi connectivity index (χ3n) is 5.86. The van der Waals surface area contributed by atoms with Gasteiger partial charge in [-0.3, -0.25) is 14.5 Å². The fourth-order valence-corrected chi connectivity index (χ4v) is 4.35. The molecule has 2 atom stereocenters. The van der Waals surface area contributed by atoms with Crippen LogP contribution in [0.25, 0.3) is 10.9 Å². The van der Waals surface area contributed by atoms with Crippen LogP contribution in [-0.2, 0) is 11.2 Å². The van der Waals surface area contributed by atoms with Crippen LogP contribution in [0.4, 0.5) is 0 Å². The van der Waals surface area contributed by atoms with E-state index in [0.717, 1.165) is 16.5 Å². The minimum atomic E-state index is -0.641. The predicted octanol–water partition coefficient (Wildman–Crippen LogP) is 3.17. The Morgan fingerprint density at radius 1 is 1.23 bits per heavy atom. The number of aromatic nitrogens is 1. The van der Waals surface area contributed by atoms with Crippen molar-refractivity contribution in [2.75, 3.05) is 13.6 Å². The van der Waals surface area contributed by atoms with Crippen molar-refractivity contribution >= 4 is 34.1 Å². The topological polar surface area (TPSA) is 77.2 Å². The molecule has 2 amide bonds. The van der Waals surface area contributed by atoms with Crippen molar-refractivity contribution < 1.29 is 9.59 Å². The molecule has 2 heterocycles. The lowest BCUT2D eigenvalue weighted by Gasteiger charge is -2.26. The first-order chi connectivity index (χ1) is 14.5. The molecule has 7 heteroatoms. The zero-order valence-corrected chi connectivity index (χ0v) is 18.2. The van der Waals surface area contributed by atoms with Crippen LogP contribution in [0.2, 0.25) is 0 Å². The number of nitrogens with one attached hydrogen (secondary N) is 3. The lowest BCUT2D eigenvalue weighted by Crippen LogP contribution is -2.50. The van der Waals surface area contributed by atoms with Gasteiger partial charge < -0.3 is 15.6 Å². The molecule has 1 aromatic carbocycles. The molecule has 2 unspecified atom stereocenters. The Hall–Kier alpha value is -2.64. The van der Waals surface area contributed by atoms with E-state index in [4.69, 9.17) is 0 Å². The molecular formula is C23H28N4O2S. The van der Waals surface area contributed by atoms with E-state index in [2.05, 4.69) is 34.5 Å². The monoisotopic (exact) mass is 424 g/mol. The van der Waals surface area contributed by atoms with E-state index in [0.29, 0.717) is 23.9 Å². The van der Waals surface area contributed by atoms with Crippen LogP contribution in [-0.4, -0.2) is 53.4 Å². The number of carbonyl (C=O) groups is 2. The average Bonchev–Trinajstić information content (AvgIpc) is 3.30. The van der Waals surface area contributed by atoms with Crippen molar-refractivity contribution in [2.24, 2.45) is 0 Å². The second-order valence-corrected chi connectivity index (χ2v) is 9.01. The highest BCUT2D eigenvalue weighted by Crippen LogP contribution is 2.26. The highest BCUT2D eigenvalue weighted by molar-refractivity contribution is 7.12. The molecule has 158 valence electrons. The Balaban J connectivity index is 1.47. The fourth-order valence-electron chi connectivity index (χ4n) is 3.72. The summed E-state index contributed by atoms with van der Waals surface area (Å²) in [5.41, 5.74) is 2.04. The highest BCUT2D eigenvalue weighted by Gasteiger charge is 2.30. The first-order valence-corrected chi connectivity index (χ1v) is 11.3. The standard InChI is InChI=1S/C23H28N4O2S/c1-15(27(2)17-9-10-17)13-25-22(28)20(26-23(29)21-8-5-11-30-21)12-16-14-24-19-7-4-3-6-18(16)19/h3-8,11,14-15,17,20,24H,9-10,12-13H2,1-2H3,(H,25,28)(H,26,29). The van der Waals surface area contributed by atoms with E-state index < -0.39 is 6.04 Å².